The minimum atomic E-state index is 0.622. The average Bonchev–Trinajstić information content (AvgIpc) is 3.41. The molecule has 5 heteroatoms. The lowest BCUT2D eigenvalue weighted by molar-refractivity contribution is 0.257. The Kier molecular flexibility index (Phi) is 3.97. The van der Waals surface area contributed by atoms with Gasteiger partial charge in [0.1, 0.15) is 16.5 Å². The Bertz CT molecular complexity index is 793. The van der Waals surface area contributed by atoms with Gasteiger partial charge in [-0.3, -0.25) is 0 Å². The number of thiophene rings is 1. The number of aromatic nitrogens is 2. The molecule has 5 rings (SSSR count). The number of hydrogen-bond donors (Lipinski definition) is 0. The number of rotatable bonds is 3. The number of aryl methyl sites for hydroxylation is 2. The maximum atomic E-state index is 5.16. The Balaban J connectivity index is 1.63. The summed E-state index contributed by atoms with van der Waals surface area (Å²) in [6.07, 6.45) is 10.2. The number of fused-ring (bicyclic) bond motifs is 3. The first-order valence-electron chi connectivity index (χ1n) is 9.94. The van der Waals surface area contributed by atoms with Crippen LogP contribution in [0, 0.1) is 0 Å². The minimum Gasteiger partial charge on any atom is -0.354 e. The van der Waals surface area contributed by atoms with Crippen molar-refractivity contribution in [1.82, 2.24) is 14.9 Å². The SMILES string of the molecule is CN(C)C1CCCN(c2nc(C3CC3)nc3sc4c(c23)CCCC4)C1. The van der Waals surface area contributed by atoms with Gasteiger partial charge in [-0.2, -0.15) is 0 Å². The second-order valence-electron chi connectivity index (χ2n) is 8.28. The largest absolute Gasteiger partial charge is 0.354 e. The van der Waals surface area contributed by atoms with Crippen molar-refractivity contribution >= 4 is 27.4 Å². The molecular formula is C20H28N4S. The fourth-order valence-electron chi connectivity index (χ4n) is 4.48. The highest BCUT2D eigenvalue weighted by Gasteiger charge is 2.32. The van der Waals surface area contributed by atoms with E-state index in [1.807, 2.05) is 11.3 Å². The lowest BCUT2D eigenvalue weighted by Gasteiger charge is -2.37. The molecule has 0 amide bonds. The van der Waals surface area contributed by atoms with Crippen molar-refractivity contribution < 1.29 is 0 Å². The summed E-state index contributed by atoms with van der Waals surface area (Å²) >= 11 is 1.96. The van der Waals surface area contributed by atoms with Crippen molar-refractivity contribution in [1.29, 1.82) is 0 Å². The molecule has 2 fully saturated rings. The van der Waals surface area contributed by atoms with Gasteiger partial charge in [-0.15, -0.1) is 11.3 Å². The standard InChI is InChI=1S/C20H28N4S/c1-23(2)14-6-5-11-24(12-14)19-17-15-7-3-4-8-16(15)25-20(17)22-18(21-19)13-9-10-13/h13-14H,3-12H2,1-2H3. The smallest absolute Gasteiger partial charge is 0.141 e. The van der Waals surface area contributed by atoms with Crippen LogP contribution in [0.15, 0.2) is 0 Å². The van der Waals surface area contributed by atoms with E-state index < -0.39 is 0 Å². The molecule has 1 saturated heterocycles. The van der Waals surface area contributed by atoms with Crippen LogP contribution in [0.3, 0.4) is 0 Å². The molecule has 25 heavy (non-hydrogen) atoms. The molecule has 134 valence electrons. The van der Waals surface area contributed by atoms with Crippen LogP contribution in [0.25, 0.3) is 10.2 Å². The van der Waals surface area contributed by atoms with Crippen molar-refractivity contribution in [2.45, 2.75) is 63.3 Å². The normalized spacial score (nSPS) is 24.1. The Hall–Kier alpha value is -1.20. The summed E-state index contributed by atoms with van der Waals surface area (Å²) < 4.78 is 0. The van der Waals surface area contributed by atoms with Gasteiger partial charge in [-0.05, 0) is 71.0 Å². The summed E-state index contributed by atoms with van der Waals surface area (Å²) in [5.41, 5.74) is 1.58. The van der Waals surface area contributed by atoms with Gasteiger partial charge in [-0.1, -0.05) is 0 Å². The number of nitrogens with zero attached hydrogens (tertiary/aromatic N) is 4. The number of anilines is 1. The third-order valence-electron chi connectivity index (χ3n) is 6.18. The Morgan fingerprint density at radius 1 is 1.04 bits per heavy atom. The summed E-state index contributed by atoms with van der Waals surface area (Å²) in [6.45, 7) is 2.25. The number of piperidine rings is 1. The van der Waals surface area contributed by atoms with Crippen LogP contribution in [0.5, 0.6) is 0 Å². The van der Waals surface area contributed by atoms with E-state index in [2.05, 4.69) is 23.9 Å². The van der Waals surface area contributed by atoms with E-state index in [1.165, 1.54) is 67.4 Å². The Morgan fingerprint density at radius 2 is 1.88 bits per heavy atom. The van der Waals surface area contributed by atoms with E-state index >= 15 is 0 Å². The summed E-state index contributed by atoms with van der Waals surface area (Å²) in [5, 5.41) is 1.41. The van der Waals surface area contributed by atoms with Gasteiger partial charge in [0.05, 0.1) is 5.39 Å². The molecule has 2 aromatic heterocycles. The molecule has 3 aliphatic rings. The van der Waals surface area contributed by atoms with E-state index in [9.17, 15) is 0 Å². The van der Waals surface area contributed by atoms with Gasteiger partial charge in [-0.25, -0.2) is 9.97 Å². The van der Waals surface area contributed by atoms with Gasteiger partial charge >= 0.3 is 0 Å². The molecule has 0 radical (unpaired) electrons. The molecule has 3 heterocycles. The molecule has 1 aliphatic heterocycles. The molecule has 2 aliphatic carbocycles. The van der Waals surface area contributed by atoms with Crippen LogP contribution in [-0.4, -0.2) is 48.1 Å². The lowest BCUT2D eigenvalue weighted by Crippen LogP contribution is -2.45. The van der Waals surface area contributed by atoms with Gasteiger partial charge in [0, 0.05) is 29.9 Å². The number of hydrogen-bond acceptors (Lipinski definition) is 5. The molecule has 2 aromatic rings. The molecule has 0 spiro atoms. The average molecular weight is 357 g/mol. The lowest BCUT2D eigenvalue weighted by atomic mass is 9.96. The third kappa shape index (κ3) is 2.85. The zero-order valence-electron chi connectivity index (χ0n) is 15.4. The van der Waals surface area contributed by atoms with E-state index in [-0.39, 0.29) is 0 Å². The van der Waals surface area contributed by atoms with Crippen LogP contribution in [-0.2, 0) is 12.8 Å². The highest BCUT2D eigenvalue weighted by atomic mass is 32.1. The first-order chi connectivity index (χ1) is 12.2. The summed E-state index contributed by atoms with van der Waals surface area (Å²) in [7, 11) is 4.43. The second-order valence-corrected chi connectivity index (χ2v) is 9.36. The molecule has 4 nitrogen and oxygen atoms in total. The van der Waals surface area contributed by atoms with E-state index in [4.69, 9.17) is 9.97 Å². The van der Waals surface area contributed by atoms with Crippen LogP contribution >= 0.6 is 11.3 Å². The van der Waals surface area contributed by atoms with E-state index in [0.717, 1.165) is 18.9 Å². The van der Waals surface area contributed by atoms with Crippen LogP contribution in [0.4, 0.5) is 5.82 Å². The number of likely N-dealkylation sites (N-methyl/N-ethyl adjacent to an activating group) is 1. The maximum absolute atomic E-state index is 5.16. The molecule has 0 bridgehead atoms. The minimum absolute atomic E-state index is 0.622. The van der Waals surface area contributed by atoms with Crippen molar-refractivity contribution in [2.75, 3.05) is 32.1 Å². The summed E-state index contributed by atoms with van der Waals surface area (Å²) in [4.78, 5) is 18.0. The fourth-order valence-corrected chi connectivity index (χ4v) is 5.74. The highest BCUT2D eigenvalue weighted by molar-refractivity contribution is 7.19. The predicted molar refractivity (Wildman–Crippen MR) is 105 cm³/mol. The summed E-state index contributed by atoms with van der Waals surface area (Å²) in [6, 6.07) is 0.637. The fraction of sp³-hybridized carbons (Fsp3) is 0.700. The summed E-state index contributed by atoms with van der Waals surface area (Å²) in [5.74, 6) is 3.00. The zero-order valence-corrected chi connectivity index (χ0v) is 16.2. The Labute approximate surface area is 154 Å². The van der Waals surface area contributed by atoms with Crippen molar-refractivity contribution in [3.63, 3.8) is 0 Å². The maximum Gasteiger partial charge on any atom is 0.141 e. The van der Waals surface area contributed by atoms with Gasteiger partial charge in [0.2, 0.25) is 0 Å². The molecule has 1 saturated carbocycles. The van der Waals surface area contributed by atoms with Crippen LogP contribution in [0.1, 0.15) is 60.7 Å². The first-order valence-corrected chi connectivity index (χ1v) is 10.8. The van der Waals surface area contributed by atoms with Crippen molar-refractivity contribution in [3.8, 4) is 0 Å². The third-order valence-corrected chi connectivity index (χ3v) is 7.37. The van der Waals surface area contributed by atoms with E-state index in [1.54, 1.807) is 10.4 Å². The topological polar surface area (TPSA) is 32.3 Å². The molecule has 1 atom stereocenters. The molecule has 0 aromatic carbocycles. The van der Waals surface area contributed by atoms with Crippen LogP contribution in [0.2, 0.25) is 0 Å². The molecule has 1 unspecified atom stereocenters. The van der Waals surface area contributed by atoms with Gasteiger partial charge < -0.3 is 9.80 Å². The monoisotopic (exact) mass is 356 g/mol. The van der Waals surface area contributed by atoms with Gasteiger partial charge in [0.15, 0.2) is 0 Å². The van der Waals surface area contributed by atoms with Crippen LogP contribution < -0.4 is 4.90 Å². The van der Waals surface area contributed by atoms with E-state index in [0.29, 0.717) is 12.0 Å². The van der Waals surface area contributed by atoms with Crippen molar-refractivity contribution in [3.05, 3.63) is 16.3 Å². The Morgan fingerprint density at radius 3 is 2.68 bits per heavy atom. The molecule has 0 N–H and O–H groups in total. The van der Waals surface area contributed by atoms with Gasteiger partial charge in [0.25, 0.3) is 0 Å². The quantitative estimate of drug-likeness (QED) is 0.833. The zero-order chi connectivity index (χ0) is 17.0. The molecular weight excluding hydrogens is 328 g/mol. The highest BCUT2D eigenvalue weighted by Crippen LogP contribution is 2.44. The first kappa shape index (κ1) is 16.0. The second kappa shape index (κ2) is 6.20. The van der Waals surface area contributed by atoms with Crippen molar-refractivity contribution in [2.24, 2.45) is 0 Å². The predicted octanol–water partition coefficient (Wildman–Crippen LogP) is 3.98.